The van der Waals surface area contributed by atoms with Gasteiger partial charge in [0.25, 0.3) is 15.9 Å². The Hall–Kier alpha value is -2.56. The Balaban J connectivity index is 1.77. The number of sulfonamides is 1. The Morgan fingerprint density at radius 1 is 1.38 bits per heavy atom. The molecule has 3 heterocycles. The van der Waals surface area contributed by atoms with Crippen LogP contribution in [0.25, 0.3) is 0 Å². The fraction of sp³-hybridized carbons (Fsp3) is 0.222. The molecule has 0 amide bonds. The molecule has 1 aromatic carbocycles. The van der Waals surface area contributed by atoms with Crippen LogP contribution in [0.5, 0.6) is 11.5 Å². The molecule has 1 aliphatic rings. The lowest BCUT2D eigenvalue weighted by Crippen LogP contribution is -2.16. The number of aryl methyl sites for hydroxylation is 1. The molecular formula is C18H15ClN2O6S2. The van der Waals surface area contributed by atoms with Gasteiger partial charge in [-0.1, -0.05) is 16.8 Å². The van der Waals surface area contributed by atoms with Gasteiger partial charge in [-0.05, 0) is 48.5 Å². The third kappa shape index (κ3) is 3.70. The van der Waals surface area contributed by atoms with Gasteiger partial charge in [0, 0.05) is 9.11 Å². The van der Waals surface area contributed by atoms with Gasteiger partial charge in [0.05, 0.1) is 7.62 Å². The highest BCUT2D eigenvalue weighted by atomic mass is 35.5. The molecule has 0 spiro atoms. The Labute approximate surface area is 181 Å². The molecule has 1 aliphatic heterocycles. The molecule has 0 atom stereocenters. The van der Waals surface area contributed by atoms with Crippen LogP contribution in [0.4, 0.5) is 5.88 Å². The summed E-state index contributed by atoms with van der Waals surface area (Å²) >= 11 is 6.67. The summed E-state index contributed by atoms with van der Waals surface area (Å²) in [7, 11) is -4.41. The molecule has 4 rings (SSSR count). The van der Waals surface area contributed by atoms with Gasteiger partial charge in [0.2, 0.25) is 6.79 Å². The van der Waals surface area contributed by atoms with E-state index in [1.807, 2.05) is 0 Å². The molecule has 0 saturated carbocycles. The summed E-state index contributed by atoms with van der Waals surface area (Å²) in [5, 5.41) is 4.81. The topological polar surface area (TPSA) is 108 Å². The first-order chi connectivity index (χ1) is 15.4. The predicted octanol–water partition coefficient (Wildman–Crippen LogP) is 3.96. The monoisotopic (exact) mass is 458 g/mol. The normalized spacial score (nSPS) is 15.4. The first kappa shape index (κ1) is 15.3. The number of benzene rings is 1. The first-order valence-electron chi connectivity index (χ1n) is 10.0. The Morgan fingerprint density at radius 3 is 2.79 bits per heavy atom. The zero-order valence-corrected chi connectivity index (χ0v) is 17.3. The molecule has 8 nitrogen and oxygen atoms in total. The molecule has 2 aromatic heterocycles. The van der Waals surface area contributed by atoms with Crippen molar-refractivity contribution in [3.63, 3.8) is 0 Å². The quantitative estimate of drug-likeness (QED) is 0.557. The van der Waals surface area contributed by atoms with Crippen molar-refractivity contribution in [3.05, 3.63) is 50.3 Å². The number of halogens is 1. The third-order valence-electron chi connectivity index (χ3n) is 3.91. The van der Waals surface area contributed by atoms with Gasteiger partial charge in [-0.15, -0.1) is 11.3 Å². The predicted molar refractivity (Wildman–Crippen MR) is 107 cm³/mol. The number of anilines is 1. The fourth-order valence-corrected chi connectivity index (χ4v) is 4.96. The number of fused-ring (bicyclic) bond motifs is 1. The highest BCUT2D eigenvalue weighted by Gasteiger charge is 2.27. The van der Waals surface area contributed by atoms with Gasteiger partial charge in [-0.25, -0.2) is 13.1 Å². The van der Waals surface area contributed by atoms with E-state index in [9.17, 15) is 13.2 Å². The van der Waals surface area contributed by atoms with Gasteiger partial charge in [-0.2, -0.15) is 0 Å². The SMILES string of the molecule is [2H]c1c(C)c(C([2H])([2H])C(=O)c2sccc2S(=O)(=O)Nc2onc(C)c2Cl)c([2H])c2c1OCO2. The van der Waals surface area contributed by atoms with Crippen molar-refractivity contribution < 1.29 is 32.7 Å². The Morgan fingerprint density at radius 2 is 2.10 bits per heavy atom. The van der Waals surface area contributed by atoms with E-state index >= 15 is 0 Å². The molecule has 0 saturated heterocycles. The van der Waals surface area contributed by atoms with Crippen LogP contribution in [-0.2, 0) is 16.4 Å². The van der Waals surface area contributed by atoms with E-state index in [2.05, 4.69) is 9.88 Å². The van der Waals surface area contributed by atoms with Crippen molar-refractivity contribution in [3.8, 4) is 11.5 Å². The van der Waals surface area contributed by atoms with Gasteiger partial charge < -0.3 is 14.0 Å². The van der Waals surface area contributed by atoms with Crippen molar-refractivity contribution in [2.45, 2.75) is 25.1 Å². The molecule has 11 heteroatoms. The van der Waals surface area contributed by atoms with E-state index < -0.39 is 43.6 Å². The highest BCUT2D eigenvalue weighted by molar-refractivity contribution is 7.93. The lowest BCUT2D eigenvalue weighted by atomic mass is 10.0. The standard InChI is InChI=1S/C18H15ClN2O6S2/c1-9-5-13-14(26-8-25-13)7-11(9)6-12(22)17-15(3-4-28-17)29(23,24)21-18-16(19)10(2)20-27-18/h3-5,7,21H,6,8H2,1-2H3/i5D,6D2,7D. The second-order valence-electron chi connectivity index (χ2n) is 5.90. The molecule has 0 aliphatic carbocycles. The summed E-state index contributed by atoms with van der Waals surface area (Å²) in [6.45, 7) is 2.64. The van der Waals surface area contributed by atoms with Crippen LogP contribution in [0.1, 0.15) is 32.0 Å². The second-order valence-corrected chi connectivity index (χ2v) is 8.84. The van der Waals surface area contributed by atoms with Crippen molar-refractivity contribution in [2.24, 2.45) is 0 Å². The molecular weight excluding hydrogens is 440 g/mol. The number of nitrogens with one attached hydrogen (secondary N) is 1. The second kappa shape index (κ2) is 7.36. The minimum absolute atomic E-state index is 0.00519. The molecule has 3 aromatic rings. The Kier molecular flexibility index (Phi) is 3.88. The lowest BCUT2D eigenvalue weighted by molar-refractivity contribution is 0.0994. The number of ketones is 1. The van der Waals surface area contributed by atoms with Crippen LogP contribution in [-0.4, -0.2) is 26.2 Å². The van der Waals surface area contributed by atoms with Crippen LogP contribution >= 0.6 is 22.9 Å². The van der Waals surface area contributed by atoms with Crippen molar-refractivity contribution in [1.82, 2.24) is 5.16 Å². The molecule has 29 heavy (non-hydrogen) atoms. The van der Waals surface area contributed by atoms with E-state index in [0.29, 0.717) is 11.3 Å². The number of hydrogen-bond acceptors (Lipinski definition) is 8. The minimum Gasteiger partial charge on any atom is -0.454 e. The summed E-state index contributed by atoms with van der Waals surface area (Å²) in [6, 6.07) is 0.468. The maximum atomic E-state index is 13.3. The number of hydrogen-bond donors (Lipinski definition) is 1. The average Bonchev–Trinajstić information content (AvgIpc) is 3.49. The number of Topliss-reactive ketones (excluding diaryl/α,β-unsaturated/α-hetero) is 1. The van der Waals surface area contributed by atoms with E-state index in [0.717, 1.165) is 6.07 Å². The molecule has 152 valence electrons. The molecule has 0 radical (unpaired) electrons. The van der Waals surface area contributed by atoms with Crippen LogP contribution in [0.2, 0.25) is 5.02 Å². The number of carbonyl (C=O) groups excluding carboxylic acids is 1. The summed E-state index contributed by atoms with van der Waals surface area (Å²) in [5.41, 5.74) is -0.147. The van der Waals surface area contributed by atoms with Crippen LogP contribution in [0, 0.1) is 13.8 Å². The lowest BCUT2D eigenvalue weighted by Gasteiger charge is -2.09. The van der Waals surface area contributed by atoms with Crippen LogP contribution < -0.4 is 14.2 Å². The summed E-state index contributed by atoms with van der Waals surface area (Å²) in [4.78, 5) is 12.4. The van der Waals surface area contributed by atoms with E-state index in [1.165, 1.54) is 19.2 Å². The number of rotatable bonds is 6. The van der Waals surface area contributed by atoms with Crippen molar-refractivity contribution in [2.75, 3.05) is 11.5 Å². The Bertz CT molecular complexity index is 1400. The maximum absolute atomic E-state index is 13.3. The van der Waals surface area contributed by atoms with Gasteiger partial charge in [0.15, 0.2) is 17.3 Å². The minimum atomic E-state index is -4.41. The van der Waals surface area contributed by atoms with Crippen molar-refractivity contribution >= 4 is 44.6 Å². The zero-order chi connectivity index (χ0) is 24.3. The first-order valence-corrected chi connectivity index (χ1v) is 10.8. The number of ether oxygens (including phenoxy) is 2. The molecule has 0 fully saturated rings. The molecule has 0 bridgehead atoms. The van der Waals surface area contributed by atoms with E-state index in [1.54, 1.807) is 0 Å². The van der Waals surface area contributed by atoms with Gasteiger partial charge in [0.1, 0.15) is 15.6 Å². The summed E-state index contributed by atoms with van der Waals surface area (Å²) in [6.07, 6.45) is -2.85. The fourth-order valence-electron chi connectivity index (χ4n) is 2.47. The van der Waals surface area contributed by atoms with Gasteiger partial charge in [-0.3, -0.25) is 4.79 Å². The molecule has 1 N–H and O–H groups in total. The highest BCUT2D eigenvalue weighted by Crippen LogP contribution is 2.36. The number of aromatic nitrogens is 1. The van der Waals surface area contributed by atoms with Crippen LogP contribution in [0.15, 0.2) is 32.9 Å². The number of thiophene rings is 1. The van der Waals surface area contributed by atoms with E-state index in [4.69, 9.17) is 31.1 Å². The van der Waals surface area contributed by atoms with E-state index in [-0.39, 0.29) is 46.5 Å². The van der Waals surface area contributed by atoms with Gasteiger partial charge >= 0.3 is 0 Å². The van der Waals surface area contributed by atoms with Crippen LogP contribution in [0.3, 0.4) is 0 Å². The largest absolute Gasteiger partial charge is 0.454 e. The maximum Gasteiger partial charge on any atom is 0.265 e. The van der Waals surface area contributed by atoms with Crippen molar-refractivity contribution in [1.29, 1.82) is 0 Å². The number of carbonyl (C=O) groups is 1. The smallest absolute Gasteiger partial charge is 0.265 e. The summed E-state index contributed by atoms with van der Waals surface area (Å²) in [5.74, 6) is -1.70. The zero-order valence-electron chi connectivity index (χ0n) is 19.0. The third-order valence-corrected chi connectivity index (χ3v) is 6.77. The molecule has 0 unspecified atom stereocenters. The number of nitrogens with zero attached hydrogens (tertiary/aromatic N) is 1. The summed E-state index contributed by atoms with van der Waals surface area (Å²) < 4.78 is 76.7. The average molecular weight is 459 g/mol.